The number of nitrogens with one attached hydrogen (secondary N) is 2. The number of carbonyl (C=O) groups is 1. The molecule has 0 unspecified atom stereocenters. The highest BCUT2D eigenvalue weighted by Gasteiger charge is 2.27. The molecule has 0 bridgehead atoms. The van der Waals surface area contributed by atoms with Crippen LogP contribution in [0.15, 0.2) is 6.33 Å². The van der Waals surface area contributed by atoms with Crippen molar-refractivity contribution in [1.29, 1.82) is 0 Å². The first-order chi connectivity index (χ1) is 9.03. The van der Waals surface area contributed by atoms with Crippen molar-refractivity contribution < 1.29 is 13.2 Å². The van der Waals surface area contributed by atoms with Gasteiger partial charge in [0.05, 0.1) is 5.75 Å². The molecule has 0 spiro atoms. The topological polar surface area (TPSA) is 108 Å². The number of sulfonamides is 1. The standard InChI is InChI=1S/C10H17N5O3S/c1-2-19(17,18)15-5-3-8(4-6-15)13-10(16)9-11-7-12-14-9/h7-8H,2-6H2,1H3,(H,13,16)(H,11,12,14). The van der Waals surface area contributed by atoms with Crippen LogP contribution >= 0.6 is 0 Å². The molecular weight excluding hydrogens is 270 g/mol. The third-order valence-electron chi connectivity index (χ3n) is 3.18. The third kappa shape index (κ3) is 3.29. The van der Waals surface area contributed by atoms with Crippen LogP contribution in [0.4, 0.5) is 0 Å². The van der Waals surface area contributed by atoms with E-state index in [0.29, 0.717) is 25.9 Å². The zero-order valence-electron chi connectivity index (χ0n) is 10.7. The molecule has 0 aromatic carbocycles. The van der Waals surface area contributed by atoms with E-state index in [1.165, 1.54) is 10.6 Å². The van der Waals surface area contributed by atoms with Crippen LogP contribution in [0.25, 0.3) is 0 Å². The van der Waals surface area contributed by atoms with Crippen molar-refractivity contribution in [2.24, 2.45) is 0 Å². The summed E-state index contributed by atoms with van der Waals surface area (Å²) in [6, 6.07) is -0.0269. The molecule has 1 aliphatic rings. The molecule has 8 nitrogen and oxygen atoms in total. The highest BCUT2D eigenvalue weighted by atomic mass is 32.2. The molecule has 1 aliphatic heterocycles. The highest BCUT2D eigenvalue weighted by molar-refractivity contribution is 7.89. The SMILES string of the molecule is CCS(=O)(=O)N1CCC(NC(=O)c2ncn[nH]2)CC1. The number of nitrogens with zero attached hydrogens (tertiary/aromatic N) is 3. The quantitative estimate of drug-likeness (QED) is 0.765. The lowest BCUT2D eigenvalue weighted by atomic mass is 10.1. The fraction of sp³-hybridized carbons (Fsp3) is 0.700. The van der Waals surface area contributed by atoms with Crippen LogP contribution in [0.3, 0.4) is 0 Å². The first-order valence-electron chi connectivity index (χ1n) is 6.17. The van der Waals surface area contributed by atoms with E-state index in [2.05, 4.69) is 20.5 Å². The minimum absolute atomic E-state index is 0.0269. The predicted molar refractivity (Wildman–Crippen MR) is 67.9 cm³/mol. The van der Waals surface area contributed by atoms with Crippen LogP contribution in [0, 0.1) is 0 Å². The maximum Gasteiger partial charge on any atom is 0.288 e. The smallest absolute Gasteiger partial charge is 0.288 e. The Hall–Kier alpha value is -1.48. The monoisotopic (exact) mass is 287 g/mol. The molecule has 2 N–H and O–H groups in total. The van der Waals surface area contributed by atoms with Crippen molar-refractivity contribution in [1.82, 2.24) is 24.8 Å². The van der Waals surface area contributed by atoms with Crippen molar-refractivity contribution in [3.05, 3.63) is 12.2 Å². The Bertz CT molecular complexity index is 519. The van der Waals surface area contributed by atoms with Crippen LogP contribution in [0.1, 0.15) is 30.4 Å². The number of amides is 1. The van der Waals surface area contributed by atoms with Gasteiger partial charge in [0.2, 0.25) is 15.8 Å². The van der Waals surface area contributed by atoms with Crippen LogP contribution in [-0.4, -0.2) is 58.7 Å². The molecule has 0 radical (unpaired) electrons. The number of piperidine rings is 1. The zero-order chi connectivity index (χ0) is 13.9. The maximum atomic E-state index is 11.7. The molecule has 1 aromatic rings. The molecule has 1 fully saturated rings. The van der Waals surface area contributed by atoms with Gasteiger partial charge in [0, 0.05) is 19.1 Å². The third-order valence-corrected chi connectivity index (χ3v) is 5.06. The van der Waals surface area contributed by atoms with Crippen molar-refractivity contribution in [2.45, 2.75) is 25.8 Å². The van der Waals surface area contributed by atoms with Crippen molar-refractivity contribution >= 4 is 15.9 Å². The van der Waals surface area contributed by atoms with E-state index in [-0.39, 0.29) is 23.5 Å². The molecule has 19 heavy (non-hydrogen) atoms. The number of carbonyl (C=O) groups excluding carboxylic acids is 1. The summed E-state index contributed by atoms with van der Waals surface area (Å²) in [5, 5.41) is 8.91. The van der Waals surface area contributed by atoms with Crippen molar-refractivity contribution in [3.63, 3.8) is 0 Å². The number of aromatic nitrogens is 3. The lowest BCUT2D eigenvalue weighted by Crippen LogP contribution is -2.47. The van der Waals surface area contributed by atoms with E-state index in [4.69, 9.17) is 0 Å². The van der Waals surface area contributed by atoms with Crippen molar-refractivity contribution in [3.8, 4) is 0 Å². The Labute approximate surface area is 111 Å². The fourth-order valence-corrected chi connectivity index (χ4v) is 3.16. The van der Waals surface area contributed by atoms with Crippen LogP contribution in [0.2, 0.25) is 0 Å². The molecule has 106 valence electrons. The Kier molecular flexibility index (Phi) is 4.15. The lowest BCUT2D eigenvalue weighted by molar-refractivity contribution is 0.0913. The molecule has 1 amide bonds. The second-order valence-electron chi connectivity index (χ2n) is 4.38. The minimum atomic E-state index is -3.12. The number of rotatable bonds is 4. The van der Waals surface area contributed by atoms with Crippen LogP contribution in [0.5, 0.6) is 0 Å². The van der Waals surface area contributed by atoms with Gasteiger partial charge < -0.3 is 5.32 Å². The first kappa shape index (κ1) is 13.9. The Morgan fingerprint density at radius 1 is 1.53 bits per heavy atom. The maximum absolute atomic E-state index is 11.7. The van der Waals surface area contributed by atoms with Crippen LogP contribution < -0.4 is 5.32 Å². The van der Waals surface area contributed by atoms with Gasteiger partial charge >= 0.3 is 0 Å². The lowest BCUT2D eigenvalue weighted by Gasteiger charge is -2.31. The first-order valence-corrected chi connectivity index (χ1v) is 7.78. The van der Waals surface area contributed by atoms with Gasteiger partial charge in [-0.25, -0.2) is 17.7 Å². The summed E-state index contributed by atoms with van der Waals surface area (Å²) in [7, 11) is -3.12. The molecular formula is C10H17N5O3S. The van der Waals surface area contributed by atoms with Gasteiger partial charge in [-0.3, -0.25) is 9.89 Å². The minimum Gasteiger partial charge on any atom is -0.347 e. The van der Waals surface area contributed by atoms with Gasteiger partial charge in [-0.2, -0.15) is 5.10 Å². The van der Waals surface area contributed by atoms with Gasteiger partial charge in [-0.1, -0.05) is 0 Å². The van der Waals surface area contributed by atoms with E-state index in [0.717, 1.165) is 0 Å². The molecule has 0 atom stereocenters. The van der Waals surface area contributed by atoms with E-state index < -0.39 is 10.0 Å². The molecule has 2 rings (SSSR count). The molecule has 0 aliphatic carbocycles. The molecule has 2 heterocycles. The second-order valence-corrected chi connectivity index (χ2v) is 6.64. The number of hydrogen-bond acceptors (Lipinski definition) is 5. The molecule has 9 heteroatoms. The Balaban J connectivity index is 1.86. The average molecular weight is 287 g/mol. The Morgan fingerprint density at radius 3 is 2.74 bits per heavy atom. The predicted octanol–water partition coefficient (Wildman–Crippen LogP) is -0.651. The van der Waals surface area contributed by atoms with E-state index in [9.17, 15) is 13.2 Å². The summed E-state index contributed by atoms with van der Waals surface area (Å²) >= 11 is 0. The molecule has 0 saturated carbocycles. The highest BCUT2D eigenvalue weighted by Crippen LogP contribution is 2.14. The Morgan fingerprint density at radius 2 is 2.21 bits per heavy atom. The summed E-state index contributed by atoms with van der Waals surface area (Å²) < 4.78 is 24.8. The van der Waals surface area contributed by atoms with E-state index >= 15 is 0 Å². The van der Waals surface area contributed by atoms with Gasteiger partial charge in [0.25, 0.3) is 5.91 Å². The number of hydrogen-bond donors (Lipinski definition) is 2. The summed E-state index contributed by atoms with van der Waals surface area (Å²) in [5.41, 5.74) is 0. The molecule has 1 aromatic heterocycles. The van der Waals surface area contributed by atoms with Gasteiger partial charge in [-0.05, 0) is 19.8 Å². The normalized spacial score (nSPS) is 18.4. The number of H-pyrrole nitrogens is 1. The van der Waals surface area contributed by atoms with E-state index in [1.807, 2.05) is 0 Å². The molecule has 1 saturated heterocycles. The van der Waals surface area contributed by atoms with Gasteiger partial charge in [-0.15, -0.1) is 0 Å². The zero-order valence-corrected chi connectivity index (χ0v) is 11.5. The summed E-state index contributed by atoms with van der Waals surface area (Å²) in [6.07, 6.45) is 2.49. The van der Waals surface area contributed by atoms with E-state index in [1.54, 1.807) is 6.92 Å². The largest absolute Gasteiger partial charge is 0.347 e. The summed E-state index contributed by atoms with van der Waals surface area (Å²) in [4.78, 5) is 15.5. The fourth-order valence-electron chi connectivity index (χ4n) is 2.03. The van der Waals surface area contributed by atoms with Crippen molar-refractivity contribution in [2.75, 3.05) is 18.8 Å². The summed E-state index contributed by atoms with van der Waals surface area (Å²) in [6.45, 7) is 2.52. The van der Waals surface area contributed by atoms with Gasteiger partial charge in [0.1, 0.15) is 6.33 Å². The number of aromatic amines is 1. The second kappa shape index (κ2) is 5.66. The average Bonchev–Trinajstić information content (AvgIpc) is 2.93. The summed E-state index contributed by atoms with van der Waals surface area (Å²) in [5.74, 6) is -0.0276. The van der Waals surface area contributed by atoms with Gasteiger partial charge in [0.15, 0.2) is 0 Å². The van der Waals surface area contributed by atoms with Crippen LogP contribution in [-0.2, 0) is 10.0 Å².